The van der Waals surface area contributed by atoms with Gasteiger partial charge in [0.2, 0.25) is 5.91 Å². The van der Waals surface area contributed by atoms with Gasteiger partial charge in [0.1, 0.15) is 5.82 Å². The maximum absolute atomic E-state index is 13.2. The van der Waals surface area contributed by atoms with E-state index in [9.17, 15) is 9.18 Å². The summed E-state index contributed by atoms with van der Waals surface area (Å²) in [6.45, 7) is 0.384. The lowest BCUT2D eigenvalue weighted by Crippen LogP contribution is -2.35. The van der Waals surface area contributed by atoms with Crippen LogP contribution in [0.1, 0.15) is 43.8 Å². The summed E-state index contributed by atoms with van der Waals surface area (Å²) in [6.07, 6.45) is 5.14. The van der Waals surface area contributed by atoms with Gasteiger partial charge in [-0.1, -0.05) is 31.4 Å². The van der Waals surface area contributed by atoms with Gasteiger partial charge in [0.05, 0.1) is 6.10 Å². The van der Waals surface area contributed by atoms with Gasteiger partial charge >= 0.3 is 0 Å². The van der Waals surface area contributed by atoms with Crippen molar-refractivity contribution in [1.29, 1.82) is 0 Å². The molecule has 1 aliphatic rings. The lowest BCUT2D eigenvalue weighted by atomic mass is 9.88. The molecule has 0 radical (unpaired) electrons. The SMILES string of the molecule is COC(CNC(=O)C1CCCCC1)c1cccc(F)c1. The first-order chi connectivity index (χ1) is 9.70. The summed E-state index contributed by atoms with van der Waals surface area (Å²) in [4.78, 5) is 12.1. The Morgan fingerprint density at radius 1 is 1.40 bits per heavy atom. The fourth-order valence-electron chi connectivity index (χ4n) is 2.75. The van der Waals surface area contributed by atoms with E-state index in [1.54, 1.807) is 13.2 Å². The van der Waals surface area contributed by atoms with Gasteiger partial charge in [-0.15, -0.1) is 0 Å². The van der Waals surface area contributed by atoms with Crippen molar-refractivity contribution in [2.45, 2.75) is 38.2 Å². The Balaban J connectivity index is 1.88. The summed E-state index contributed by atoms with van der Waals surface area (Å²) in [5.74, 6) is -0.0555. The molecular weight excluding hydrogens is 257 g/mol. The van der Waals surface area contributed by atoms with E-state index in [1.165, 1.54) is 18.6 Å². The van der Waals surface area contributed by atoms with Crippen LogP contribution >= 0.6 is 0 Å². The van der Waals surface area contributed by atoms with Crippen molar-refractivity contribution in [1.82, 2.24) is 5.32 Å². The summed E-state index contributed by atoms with van der Waals surface area (Å²) in [5, 5.41) is 2.93. The molecule has 0 bridgehead atoms. The Morgan fingerprint density at radius 3 is 2.80 bits per heavy atom. The first kappa shape index (κ1) is 15.0. The second-order valence-corrected chi connectivity index (χ2v) is 5.36. The zero-order valence-corrected chi connectivity index (χ0v) is 11.9. The largest absolute Gasteiger partial charge is 0.375 e. The van der Waals surface area contributed by atoms with E-state index in [0.717, 1.165) is 31.2 Å². The monoisotopic (exact) mass is 279 g/mol. The van der Waals surface area contributed by atoms with Crippen LogP contribution in [0, 0.1) is 11.7 Å². The van der Waals surface area contributed by atoms with E-state index < -0.39 is 0 Å². The highest BCUT2D eigenvalue weighted by Crippen LogP contribution is 2.24. The van der Waals surface area contributed by atoms with Crippen molar-refractivity contribution >= 4 is 5.91 Å². The Bertz CT molecular complexity index is 444. The number of carbonyl (C=O) groups is 1. The molecule has 1 aromatic rings. The van der Waals surface area contributed by atoms with Gasteiger partial charge in [0, 0.05) is 19.6 Å². The number of rotatable bonds is 5. The van der Waals surface area contributed by atoms with E-state index in [2.05, 4.69) is 5.32 Å². The molecule has 110 valence electrons. The summed E-state index contributed by atoms with van der Waals surface area (Å²) in [5.41, 5.74) is 0.747. The first-order valence-corrected chi connectivity index (χ1v) is 7.26. The lowest BCUT2D eigenvalue weighted by molar-refractivity contribution is -0.126. The molecule has 1 unspecified atom stereocenters. The van der Waals surface area contributed by atoms with Crippen molar-refractivity contribution in [2.75, 3.05) is 13.7 Å². The van der Waals surface area contributed by atoms with Crippen LogP contribution in [0.3, 0.4) is 0 Å². The van der Waals surface area contributed by atoms with Crippen LogP contribution in [0.15, 0.2) is 24.3 Å². The number of nitrogens with one attached hydrogen (secondary N) is 1. The van der Waals surface area contributed by atoms with Crippen LogP contribution in [0.5, 0.6) is 0 Å². The Morgan fingerprint density at radius 2 is 2.15 bits per heavy atom. The predicted octanol–water partition coefficient (Wildman–Crippen LogP) is 3.21. The molecule has 1 aromatic carbocycles. The number of benzene rings is 1. The smallest absolute Gasteiger partial charge is 0.223 e. The van der Waals surface area contributed by atoms with Crippen LogP contribution in [0.2, 0.25) is 0 Å². The molecule has 3 nitrogen and oxygen atoms in total. The fraction of sp³-hybridized carbons (Fsp3) is 0.562. The van der Waals surface area contributed by atoms with E-state index in [-0.39, 0.29) is 23.7 Å². The highest BCUT2D eigenvalue weighted by atomic mass is 19.1. The first-order valence-electron chi connectivity index (χ1n) is 7.26. The third-order valence-corrected chi connectivity index (χ3v) is 3.94. The number of hydrogen-bond acceptors (Lipinski definition) is 2. The highest BCUT2D eigenvalue weighted by Gasteiger charge is 2.22. The molecule has 0 spiro atoms. The number of methoxy groups -OCH3 is 1. The number of hydrogen-bond donors (Lipinski definition) is 1. The van der Waals surface area contributed by atoms with Gasteiger partial charge in [-0.05, 0) is 30.5 Å². The highest BCUT2D eigenvalue weighted by molar-refractivity contribution is 5.78. The maximum atomic E-state index is 13.2. The Labute approximate surface area is 119 Å². The molecule has 1 fully saturated rings. The Kier molecular flexibility index (Phi) is 5.53. The number of amides is 1. The molecule has 1 N–H and O–H groups in total. The molecule has 1 aliphatic carbocycles. The third kappa shape index (κ3) is 4.04. The molecule has 0 aromatic heterocycles. The minimum Gasteiger partial charge on any atom is -0.375 e. The molecule has 1 amide bonds. The average molecular weight is 279 g/mol. The summed E-state index contributed by atoms with van der Waals surface area (Å²) < 4.78 is 18.6. The minimum absolute atomic E-state index is 0.100. The van der Waals surface area contributed by atoms with Crippen molar-refractivity contribution in [2.24, 2.45) is 5.92 Å². The van der Waals surface area contributed by atoms with Gasteiger partial charge in [-0.3, -0.25) is 4.79 Å². The van der Waals surface area contributed by atoms with Crippen molar-refractivity contribution in [3.05, 3.63) is 35.6 Å². The van der Waals surface area contributed by atoms with Crippen LogP contribution in [-0.4, -0.2) is 19.6 Å². The zero-order valence-electron chi connectivity index (χ0n) is 11.9. The molecule has 1 saturated carbocycles. The predicted molar refractivity (Wildman–Crippen MR) is 75.7 cm³/mol. The number of ether oxygens (including phenoxy) is 1. The number of carbonyl (C=O) groups excluding carboxylic acids is 1. The summed E-state index contributed by atoms with van der Waals surface area (Å²) in [7, 11) is 1.57. The topological polar surface area (TPSA) is 38.3 Å². The third-order valence-electron chi connectivity index (χ3n) is 3.94. The van der Waals surface area contributed by atoms with Gasteiger partial charge in [-0.2, -0.15) is 0 Å². The van der Waals surface area contributed by atoms with E-state index >= 15 is 0 Å². The van der Waals surface area contributed by atoms with Crippen molar-refractivity contribution < 1.29 is 13.9 Å². The van der Waals surface area contributed by atoms with E-state index in [0.29, 0.717) is 6.54 Å². The van der Waals surface area contributed by atoms with Crippen molar-refractivity contribution in [3.63, 3.8) is 0 Å². The average Bonchev–Trinajstić information content (AvgIpc) is 2.48. The fourth-order valence-corrected chi connectivity index (χ4v) is 2.75. The maximum Gasteiger partial charge on any atom is 0.223 e. The van der Waals surface area contributed by atoms with E-state index in [1.807, 2.05) is 6.07 Å². The normalized spacial score (nSPS) is 17.7. The Hall–Kier alpha value is -1.42. The second-order valence-electron chi connectivity index (χ2n) is 5.36. The molecule has 1 atom stereocenters. The van der Waals surface area contributed by atoms with Gasteiger partial charge in [0.15, 0.2) is 0 Å². The molecular formula is C16H22FNO2. The van der Waals surface area contributed by atoms with Gasteiger partial charge in [-0.25, -0.2) is 4.39 Å². The molecule has 0 heterocycles. The van der Waals surface area contributed by atoms with Gasteiger partial charge in [0.25, 0.3) is 0 Å². The van der Waals surface area contributed by atoms with Crippen LogP contribution in [0.25, 0.3) is 0 Å². The molecule has 4 heteroatoms. The zero-order chi connectivity index (χ0) is 14.4. The van der Waals surface area contributed by atoms with Crippen LogP contribution in [-0.2, 0) is 9.53 Å². The molecule has 20 heavy (non-hydrogen) atoms. The van der Waals surface area contributed by atoms with Gasteiger partial charge < -0.3 is 10.1 Å². The summed E-state index contributed by atoms with van der Waals surface area (Å²) >= 11 is 0. The van der Waals surface area contributed by atoms with Crippen LogP contribution < -0.4 is 5.32 Å². The molecule has 0 saturated heterocycles. The quantitative estimate of drug-likeness (QED) is 0.898. The standard InChI is InChI=1S/C16H22FNO2/c1-20-15(13-8-5-9-14(17)10-13)11-18-16(19)12-6-3-2-4-7-12/h5,8-10,12,15H,2-4,6-7,11H2,1H3,(H,18,19). The summed E-state index contributed by atoms with van der Waals surface area (Å²) in [6, 6.07) is 6.31. The van der Waals surface area contributed by atoms with E-state index in [4.69, 9.17) is 4.74 Å². The lowest BCUT2D eigenvalue weighted by Gasteiger charge is -2.22. The van der Waals surface area contributed by atoms with Crippen LogP contribution in [0.4, 0.5) is 4.39 Å². The second kappa shape index (κ2) is 7.39. The number of halogens is 1. The molecule has 2 rings (SSSR count). The molecule has 0 aliphatic heterocycles. The minimum atomic E-state index is -0.307. The van der Waals surface area contributed by atoms with Crippen molar-refractivity contribution in [3.8, 4) is 0 Å².